The van der Waals surface area contributed by atoms with Crippen LogP contribution in [0.25, 0.3) is 0 Å². The lowest BCUT2D eigenvalue weighted by Gasteiger charge is -2.32. The van der Waals surface area contributed by atoms with Gasteiger partial charge >= 0.3 is 23.9 Å². The van der Waals surface area contributed by atoms with Crippen molar-refractivity contribution in [2.75, 3.05) is 26.4 Å². The van der Waals surface area contributed by atoms with Crippen LogP contribution in [0.3, 0.4) is 0 Å². The number of hydrogen-bond donors (Lipinski definition) is 0. The molecular formula is C17H28O8. The Morgan fingerprint density at radius 1 is 0.680 bits per heavy atom. The van der Waals surface area contributed by atoms with Crippen LogP contribution in [0, 0.1) is 11.3 Å². The van der Waals surface area contributed by atoms with E-state index in [1.807, 2.05) is 0 Å². The molecule has 1 unspecified atom stereocenters. The first-order valence-corrected chi connectivity index (χ1v) is 8.56. The Balaban J connectivity index is 6.42. The number of carbonyl (C=O) groups excluding carboxylic acids is 4. The van der Waals surface area contributed by atoms with Crippen molar-refractivity contribution in [2.24, 2.45) is 11.3 Å². The summed E-state index contributed by atoms with van der Waals surface area (Å²) in [6.45, 7) is 7.70. The van der Waals surface area contributed by atoms with Gasteiger partial charge in [0.05, 0.1) is 32.3 Å². The van der Waals surface area contributed by atoms with Gasteiger partial charge in [0, 0.05) is 0 Å². The van der Waals surface area contributed by atoms with Gasteiger partial charge in [-0.05, 0) is 34.1 Å². The van der Waals surface area contributed by atoms with Gasteiger partial charge in [-0.2, -0.15) is 0 Å². The highest BCUT2D eigenvalue weighted by molar-refractivity contribution is 6.20. The van der Waals surface area contributed by atoms with Crippen LogP contribution in [0.1, 0.15) is 47.5 Å². The highest BCUT2D eigenvalue weighted by Crippen LogP contribution is 2.37. The molecule has 0 bridgehead atoms. The third-order valence-electron chi connectivity index (χ3n) is 3.46. The van der Waals surface area contributed by atoms with Gasteiger partial charge in [-0.3, -0.25) is 19.2 Å². The highest BCUT2D eigenvalue weighted by Gasteiger charge is 2.65. The van der Waals surface area contributed by atoms with Crippen LogP contribution in [0.5, 0.6) is 0 Å². The molecule has 0 heterocycles. The summed E-state index contributed by atoms with van der Waals surface area (Å²) in [5.74, 6) is -5.75. The third-order valence-corrected chi connectivity index (χ3v) is 3.46. The lowest BCUT2D eigenvalue weighted by molar-refractivity contribution is -0.194. The van der Waals surface area contributed by atoms with Crippen molar-refractivity contribution >= 4 is 23.9 Å². The topological polar surface area (TPSA) is 105 Å². The molecule has 0 aliphatic rings. The number of esters is 4. The average Bonchev–Trinajstić information content (AvgIpc) is 2.55. The standard InChI is InChI=1S/C17H28O8/c1-6-11-12(13(18)22-7-2)17(14(19)23-8-3,15(20)24-9-4)16(21)25-10-5/h12H,6-11H2,1-5H3. The molecule has 1 atom stereocenters. The van der Waals surface area contributed by atoms with Crippen molar-refractivity contribution in [2.45, 2.75) is 47.5 Å². The van der Waals surface area contributed by atoms with Crippen LogP contribution in [0.2, 0.25) is 0 Å². The lowest BCUT2D eigenvalue weighted by atomic mass is 9.72. The lowest BCUT2D eigenvalue weighted by Crippen LogP contribution is -2.57. The van der Waals surface area contributed by atoms with E-state index in [1.165, 1.54) is 20.8 Å². The van der Waals surface area contributed by atoms with E-state index in [9.17, 15) is 19.2 Å². The summed E-state index contributed by atoms with van der Waals surface area (Å²) < 4.78 is 19.8. The van der Waals surface area contributed by atoms with Crippen LogP contribution in [0.15, 0.2) is 0 Å². The zero-order valence-corrected chi connectivity index (χ0v) is 15.6. The van der Waals surface area contributed by atoms with Crippen molar-refractivity contribution in [1.29, 1.82) is 0 Å². The molecule has 25 heavy (non-hydrogen) atoms. The molecular weight excluding hydrogens is 332 g/mol. The molecule has 144 valence electrons. The maximum Gasteiger partial charge on any atom is 0.336 e. The second-order valence-corrected chi connectivity index (χ2v) is 5.06. The molecule has 0 aromatic heterocycles. The fraction of sp³-hybridized carbons (Fsp3) is 0.765. The van der Waals surface area contributed by atoms with Gasteiger partial charge in [-0.15, -0.1) is 0 Å². The van der Waals surface area contributed by atoms with Gasteiger partial charge in [-0.1, -0.05) is 13.3 Å². The van der Waals surface area contributed by atoms with E-state index >= 15 is 0 Å². The minimum Gasteiger partial charge on any atom is -0.466 e. The largest absolute Gasteiger partial charge is 0.466 e. The molecule has 0 aliphatic heterocycles. The summed E-state index contributed by atoms with van der Waals surface area (Å²) in [4.78, 5) is 50.5. The summed E-state index contributed by atoms with van der Waals surface area (Å²) in [5, 5.41) is 0. The maximum atomic E-state index is 12.7. The zero-order chi connectivity index (χ0) is 19.5. The molecule has 8 heteroatoms. The van der Waals surface area contributed by atoms with Gasteiger partial charge in [0.25, 0.3) is 5.41 Å². The Bertz CT molecular complexity index is 426. The number of carbonyl (C=O) groups is 4. The van der Waals surface area contributed by atoms with Crippen LogP contribution in [-0.4, -0.2) is 50.3 Å². The summed E-state index contributed by atoms with van der Waals surface area (Å²) >= 11 is 0. The highest BCUT2D eigenvalue weighted by atomic mass is 16.6. The van der Waals surface area contributed by atoms with Crippen LogP contribution in [0.4, 0.5) is 0 Å². The molecule has 0 amide bonds. The van der Waals surface area contributed by atoms with Crippen LogP contribution < -0.4 is 0 Å². The molecule has 0 aromatic rings. The van der Waals surface area contributed by atoms with Crippen molar-refractivity contribution in [1.82, 2.24) is 0 Å². The minimum atomic E-state index is -2.54. The summed E-state index contributed by atoms with van der Waals surface area (Å²) in [5.41, 5.74) is -2.54. The molecule has 0 rings (SSSR count). The SMILES string of the molecule is CCCC(C(=O)OCC)C(C(=O)OCC)(C(=O)OCC)C(=O)OCC. The molecule has 0 radical (unpaired) electrons. The van der Waals surface area contributed by atoms with Gasteiger partial charge in [-0.25, -0.2) is 0 Å². The Morgan fingerprint density at radius 2 is 1.04 bits per heavy atom. The fourth-order valence-electron chi connectivity index (χ4n) is 2.45. The Labute approximate surface area is 148 Å². The Hall–Kier alpha value is -2.12. The smallest absolute Gasteiger partial charge is 0.336 e. The van der Waals surface area contributed by atoms with E-state index in [0.717, 1.165) is 0 Å². The normalized spacial score (nSPS) is 12.0. The third kappa shape index (κ3) is 5.17. The van der Waals surface area contributed by atoms with E-state index in [0.29, 0.717) is 6.42 Å². The molecule has 0 saturated carbocycles. The van der Waals surface area contributed by atoms with Gasteiger partial charge in [0.15, 0.2) is 0 Å². The molecule has 0 N–H and O–H groups in total. The predicted octanol–water partition coefficient (Wildman–Crippen LogP) is 1.64. The summed E-state index contributed by atoms with van der Waals surface area (Å²) in [7, 11) is 0. The molecule has 0 spiro atoms. The second-order valence-electron chi connectivity index (χ2n) is 5.06. The summed E-state index contributed by atoms with van der Waals surface area (Å²) in [6, 6.07) is 0. The Kier molecular flexibility index (Phi) is 10.5. The zero-order valence-electron chi connectivity index (χ0n) is 15.6. The first kappa shape index (κ1) is 22.9. The predicted molar refractivity (Wildman–Crippen MR) is 87.4 cm³/mol. The number of rotatable bonds is 11. The monoisotopic (exact) mass is 360 g/mol. The van der Waals surface area contributed by atoms with E-state index in [2.05, 4.69) is 0 Å². The first-order valence-electron chi connectivity index (χ1n) is 8.56. The van der Waals surface area contributed by atoms with E-state index in [1.54, 1.807) is 13.8 Å². The van der Waals surface area contributed by atoms with E-state index in [-0.39, 0.29) is 32.8 Å². The minimum absolute atomic E-state index is 0.0314. The fourth-order valence-corrected chi connectivity index (χ4v) is 2.45. The molecule has 0 saturated heterocycles. The molecule has 8 nitrogen and oxygen atoms in total. The van der Waals surface area contributed by atoms with Crippen molar-refractivity contribution in [3.05, 3.63) is 0 Å². The van der Waals surface area contributed by atoms with Gasteiger partial charge in [0.1, 0.15) is 0 Å². The van der Waals surface area contributed by atoms with Crippen molar-refractivity contribution in [3.8, 4) is 0 Å². The number of ether oxygens (including phenoxy) is 4. The van der Waals surface area contributed by atoms with Crippen LogP contribution >= 0.6 is 0 Å². The average molecular weight is 360 g/mol. The van der Waals surface area contributed by atoms with Gasteiger partial charge < -0.3 is 18.9 Å². The summed E-state index contributed by atoms with van der Waals surface area (Å²) in [6.07, 6.45) is 0.471. The van der Waals surface area contributed by atoms with Crippen LogP contribution in [-0.2, 0) is 38.1 Å². The quantitative estimate of drug-likeness (QED) is 0.311. The molecule has 0 fully saturated rings. The molecule has 0 aromatic carbocycles. The van der Waals surface area contributed by atoms with Crippen molar-refractivity contribution in [3.63, 3.8) is 0 Å². The maximum absolute atomic E-state index is 12.7. The molecule has 0 aliphatic carbocycles. The first-order chi connectivity index (χ1) is 11.9. The van der Waals surface area contributed by atoms with E-state index in [4.69, 9.17) is 18.9 Å². The van der Waals surface area contributed by atoms with E-state index < -0.39 is 35.2 Å². The Morgan fingerprint density at radius 3 is 1.32 bits per heavy atom. The second kappa shape index (κ2) is 11.4. The van der Waals surface area contributed by atoms with Gasteiger partial charge in [0.2, 0.25) is 0 Å². The van der Waals surface area contributed by atoms with Crippen molar-refractivity contribution < 1.29 is 38.1 Å². The number of hydrogen-bond acceptors (Lipinski definition) is 8.